The van der Waals surface area contributed by atoms with Crippen molar-refractivity contribution in [2.45, 2.75) is 13.3 Å². The molecule has 2 heterocycles. The highest BCUT2D eigenvalue weighted by Gasteiger charge is 2.11. The summed E-state index contributed by atoms with van der Waals surface area (Å²) in [5.74, 6) is 1.53. The number of nitrogens with zero attached hydrogens (tertiary/aromatic N) is 2. The lowest BCUT2D eigenvalue weighted by Gasteiger charge is -2.15. The molecule has 0 unspecified atom stereocenters. The van der Waals surface area contributed by atoms with Crippen LogP contribution in [0.1, 0.15) is 14.8 Å². The number of ether oxygens (including phenoxy) is 2. The van der Waals surface area contributed by atoms with Crippen molar-refractivity contribution in [2.75, 3.05) is 33.9 Å². The van der Waals surface area contributed by atoms with Gasteiger partial charge in [0.15, 0.2) is 11.5 Å². The lowest BCUT2D eigenvalue weighted by atomic mass is 10.2. The van der Waals surface area contributed by atoms with Gasteiger partial charge in [-0.2, -0.15) is 0 Å². The van der Waals surface area contributed by atoms with E-state index in [4.69, 9.17) is 9.47 Å². The van der Waals surface area contributed by atoms with Crippen LogP contribution in [0.4, 0.5) is 0 Å². The zero-order valence-electron chi connectivity index (χ0n) is 13.9. The van der Waals surface area contributed by atoms with E-state index in [9.17, 15) is 0 Å². The molecular weight excluding hydrogens is 290 g/mol. The Morgan fingerprint density at radius 1 is 1.22 bits per heavy atom. The SMILES string of the molecule is CCN(C)CCCOc1cc2[nH]c3ccncc3c2cc1OC.[HH]. The van der Waals surface area contributed by atoms with Gasteiger partial charge in [-0.15, -0.1) is 0 Å². The Hall–Kier alpha value is -2.27. The van der Waals surface area contributed by atoms with Gasteiger partial charge in [0.1, 0.15) is 0 Å². The number of fused-ring (bicyclic) bond motifs is 3. The molecule has 0 aliphatic heterocycles. The van der Waals surface area contributed by atoms with Crippen molar-refractivity contribution in [1.29, 1.82) is 0 Å². The molecule has 3 rings (SSSR count). The fourth-order valence-corrected chi connectivity index (χ4v) is 2.70. The zero-order chi connectivity index (χ0) is 16.2. The molecule has 124 valence electrons. The average Bonchev–Trinajstić information content (AvgIpc) is 2.95. The minimum atomic E-state index is 0. The van der Waals surface area contributed by atoms with E-state index in [1.807, 2.05) is 24.4 Å². The molecule has 23 heavy (non-hydrogen) atoms. The highest BCUT2D eigenvalue weighted by molar-refractivity contribution is 6.07. The smallest absolute Gasteiger partial charge is 0.163 e. The molecule has 0 aliphatic rings. The summed E-state index contributed by atoms with van der Waals surface area (Å²) >= 11 is 0. The lowest BCUT2D eigenvalue weighted by molar-refractivity contribution is 0.258. The summed E-state index contributed by atoms with van der Waals surface area (Å²) in [6.07, 6.45) is 4.65. The van der Waals surface area contributed by atoms with Crippen molar-refractivity contribution in [3.63, 3.8) is 0 Å². The average molecular weight is 315 g/mol. The van der Waals surface area contributed by atoms with Crippen molar-refractivity contribution in [1.82, 2.24) is 14.9 Å². The first-order valence-corrected chi connectivity index (χ1v) is 7.97. The van der Waals surface area contributed by atoms with E-state index in [2.05, 4.69) is 28.8 Å². The van der Waals surface area contributed by atoms with Gasteiger partial charge in [0.25, 0.3) is 0 Å². The molecule has 5 heteroatoms. The van der Waals surface area contributed by atoms with E-state index in [0.29, 0.717) is 6.61 Å². The Morgan fingerprint density at radius 3 is 2.87 bits per heavy atom. The maximum atomic E-state index is 5.94. The number of aromatic amines is 1. The Morgan fingerprint density at radius 2 is 2.09 bits per heavy atom. The molecular formula is C18H25N3O2. The molecule has 0 fully saturated rings. The molecule has 2 aromatic heterocycles. The number of rotatable bonds is 7. The summed E-state index contributed by atoms with van der Waals surface area (Å²) in [6, 6.07) is 6.00. The van der Waals surface area contributed by atoms with E-state index >= 15 is 0 Å². The largest absolute Gasteiger partial charge is 0.493 e. The summed E-state index contributed by atoms with van der Waals surface area (Å²) in [4.78, 5) is 9.88. The minimum Gasteiger partial charge on any atom is -0.493 e. The van der Waals surface area contributed by atoms with Crippen LogP contribution in [-0.4, -0.2) is 48.7 Å². The monoisotopic (exact) mass is 315 g/mol. The number of methoxy groups -OCH3 is 1. The van der Waals surface area contributed by atoms with Gasteiger partial charge in [-0.25, -0.2) is 0 Å². The van der Waals surface area contributed by atoms with Gasteiger partial charge in [-0.3, -0.25) is 4.98 Å². The van der Waals surface area contributed by atoms with Gasteiger partial charge in [-0.05, 0) is 32.1 Å². The molecule has 5 nitrogen and oxygen atoms in total. The summed E-state index contributed by atoms with van der Waals surface area (Å²) in [7, 11) is 3.79. The number of nitrogens with one attached hydrogen (secondary N) is 1. The predicted octanol–water partition coefficient (Wildman–Crippen LogP) is 3.69. The zero-order valence-corrected chi connectivity index (χ0v) is 13.9. The molecule has 3 aromatic rings. The highest BCUT2D eigenvalue weighted by atomic mass is 16.5. The topological polar surface area (TPSA) is 50.4 Å². The molecule has 0 radical (unpaired) electrons. The normalized spacial score (nSPS) is 11.5. The number of H-pyrrole nitrogens is 1. The van der Waals surface area contributed by atoms with Crippen LogP contribution in [0.5, 0.6) is 11.5 Å². The molecule has 0 saturated carbocycles. The molecule has 1 aromatic carbocycles. The van der Waals surface area contributed by atoms with E-state index in [0.717, 1.165) is 52.8 Å². The van der Waals surface area contributed by atoms with E-state index < -0.39 is 0 Å². The maximum absolute atomic E-state index is 5.94. The van der Waals surface area contributed by atoms with E-state index in [1.54, 1.807) is 13.3 Å². The summed E-state index contributed by atoms with van der Waals surface area (Å²) in [5, 5.41) is 2.19. The summed E-state index contributed by atoms with van der Waals surface area (Å²) in [5.41, 5.74) is 2.10. The van der Waals surface area contributed by atoms with Crippen LogP contribution < -0.4 is 9.47 Å². The van der Waals surface area contributed by atoms with Crippen LogP contribution in [0.2, 0.25) is 0 Å². The lowest BCUT2D eigenvalue weighted by Crippen LogP contribution is -2.20. The van der Waals surface area contributed by atoms with Gasteiger partial charge < -0.3 is 19.4 Å². The predicted molar refractivity (Wildman–Crippen MR) is 95.5 cm³/mol. The van der Waals surface area contributed by atoms with Gasteiger partial charge in [-0.1, -0.05) is 6.92 Å². The number of hydrogen-bond donors (Lipinski definition) is 1. The Balaban J connectivity index is 0.00000208. The molecule has 1 N–H and O–H groups in total. The van der Waals surface area contributed by atoms with Gasteiger partial charge in [0.05, 0.1) is 19.2 Å². The third-order valence-corrected chi connectivity index (χ3v) is 4.17. The van der Waals surface area contributed by atoms with Gasteiger partial charge in [0.2, 0.25) is 0 Å². The van der Waals surface area contributed by atoms with Crippen LogP contribution in [0.25, 0.3) is 21.8 Å². The van der Waals surface area contributed by atoms with Crippen molar-refractivity contribution < 1.29 is 10.9 Å². The van der Waals surface area contributed by atoms with Crippen molar-refractivity contribution in [3.05, 3.63) is 30.6 Å². The third-order valence-electron chi connectivity index (χ3n) is 4.17. The maximum Gasteiger partial charge on any atom is 0.163 e. The van der Waals surface area contributed by atoms with Crippen molar-refractivity contribution in [2.24, 2.45) is 0 Å². The van der Waals surface area contributed by atoms with Crippen LogP contribution in [0.3, 0.4) is 0 Å². The van der Waals surface area contributed by atoms with E-state index in [-0.39, 0.29) is 1.43 Å². The third kappa shape index (κ3) is 3.24. The Kier molecular flexibility index (Phi) is 4.67. The van der Waals surface area contributed by atoms with Crippen LogP contribution in [0, 0.1) is 0 Å². The standard InChI is InChI=1S/C18H23N3O2.H2/c1-4-21(2)8-5-9-23-18-11-16-13(10-17(18)22-3)14-12-19-7-6-15(14)20-16;/h6-7,10-12,20H,4-5,8-9H2,1-3H3;1H. The first-order valence-electron chi connectivity index (χ1n) is 7.97. The van der Waals surface area contributed by atoms with Gasteiger partial charge >= 0.3 is 0 Å². The second kappa shape index (κ2) is 6.87. The first-order chi connectivity index (χ1) is 11.2. The summed E-state index contributed by atoms with van der Waals surface area (Å²) < 4.78 is 11.4. The summed E-state index contributed by atoms with van der Waals surface area (Å²) in [6.45, 7) is 4.91. The van der Waals surface area contributed by atoms with E-state index in [1.165, 1.54) is 0 Å². The Labute approximate surface area is 137 Å². The molecule has 0 bridgehead atoms. The fraction of sp³-hybridized carbons (Fsp3) is 0.389. The second-order valence-corrected chi connectivity index (χ2v) is 5.69. The van der Waals surface area contributed by atoms with Crippen LogP contribution in [-0.2, 0) is 0 Å². The Bertz CT molecular complexity index is 803. The highest BCUT2D eigenvalue weighted by Crippen LogP contribution is 2.35. The van der Waals surface area contributed by atoms with Crippen LogP contribution in [0.15, 0.2) is 30.6 Å². The first kappa shape index (κ1) is 15.6. The molecule has 0 aliphatic carbocycles. The molecule has 0 atom stereocenters. The number of hydrogen-bond acceptors (Lipinski definition) is 4. The molecule has 0 spiro atoms. The second-order valence-electron chi connectivity index (χ2n) is 5.69. The number of pyridine rings is 1. The van der Waals surface area contributed by atoms with Crippen LogP contribution >= 0.6 is 0 Å². The van der Waals surface area contributed by atoms with Crippen molar-refractivity contribution >= 4 is 21.8 Å². The minimum absolute atomic E-state index is 0. The number of benzene rings is 1. The quantitative estimate of drug-likeness (QED) is 0.676. The van der Waals surface area contributed by atoms with Gasteiger partial charge in [0, 0.05) is 42.7 Å². The fourth-order valence-electron chi connectivity index (χ4n) is 2.70. The van der Waals surface area contributed by atoms with Crippen molar-refractivity contribution in [3.8, 4) is 11.5 Å². The number of aromatic nitrogens is 2. The molecule has 0 saturated heterocycles. The molecule has 0 amide bonds.